The van der Waals surface area contributed by atoms with Crippen molar-refractivity contribution in [2.75, 3.05) is 37.6 Å². The Morgan fingerprint density at radius 1 is 1.07 bits per heavy atom. The van der Waals surface area contributed by atoms with E-state index in [1.807, 2.05) is 12.3 Å². The molecule has 0 atom stereocenters. The Morgan fingerprint density at radius 2 is 1.93 bits per heavy atom. The molecule has 0 amide bonds. The van der Waals surface area contributed by atoms with E-state index in [2.05, 4.69) is 39.9 Å². The van der Waals surface area contributed by atoms with E-state index in [1.54, 1.807) is 17.6 Å². The highest BCUT2D eigenvalue weighted by molar-refractivity contribution is 7.13. The number of rotatable bonds is 5. The third kappa shape index (κ3) is 3.74. The SMILES string of the molecule is Cc1ccc2c(N3CCN(CCCc4c[nH]c5ccc(F)cc45)CC3)nsc2c1. The maximum atomic E-state index is 13.5. The number of fused-ring (bicyclic) bond motifs is 2. The summed E-state index contributed by atoms with van der Waals surface area (Å²) in [5.41, 5.74) is 3.51. The van der Waals surface area contributed by atoms with Gasteiger partial charge in [-0.15, -0.1) is 0 Å². The summed E-state index contributed by atoms with van der Waals surface area (Å²) in [5, 5.41) is 2.29. The van der Waals surface area contributed by atoms with Crippen LogP contribution in [0, 0.1) is 12.7 Å². The summed E-state index contributed by atoms with van der Waals surface area (Å²) in [6, 6.07) is 11.6. The summed E-state index contributed by atoms with van der Waals surface area (Å²) in [4.78, 5) is 8.21. The van der Waals surface area contributed by atoms with Crippen molar-refractivity contribution < 1.29 is 4.39 Å². The van der Waals surface area contributed by atoms with E-state index in [4.69, 9.17) is 4.37 Å². The minimum absolute atomic E-state index is 0.167. The van der Waals surface area contributed by atoms with Crippen LogP contribution in [0.2, 0.25) is 0 Å². The van der Waals surface area contributed by atoms with E-state index in [9.17, 15) is 4.39 Å². The van der Waals surface area contributed by atoms with Crippen LogP contribution in [0.15, 0.2) is 42.6 Å². The monoisotopic (exact) mass is 408 g/mol. The van der Waals surface area contributed by atoms with Crippen molar-refractivity contribution in [3.63, 3.8) is 0 Å². The number of H-pyrrole nitrogens is 1. The highest BCUT2D eigenvalue weighted by atomic mass is 32.1. The van der Waals surface area contributed by atoms with E-state index in [0.717, 1.165) is 62.3 Å². The van der Waals surface area contributed by atoms with E-state index in [1.165, 1.54) is 27.3 Å². The molecule has 2 aromatic carbocycles. The van der Waals surface area contributed by atoms with E-state index < -0.39 is 0 Å². The average molecular weight is 409 g/mol. The first-order valence-corrected chi connectivity index (χ1v) is 11.0. The summed E-state index contributed by atoms with van der Waals surface area (Å²) in [5.74, 6) is 0.977. The molecule has 0 radical (unpaired) electrons. The van der Waals surface area contributed by atoms with Crippen LogP contribution in [-0.4, -0.2) is 47.0 Å². The van der Waals surface area contributed by atoms with Gasteiger partial charge in [0.15, 0.2) is 0 Å². The second kappa shape index (κ2) is 7.76. The number of aryl methyl sites for hydroxylation is 2. The highest BCUT2D eigenvalue weighted by Gasteiger charge is 2.20. The first-order chi connectivity index (χ1) is 14.2. The zero-order valence-corrected chi connectivity index (χ0v) is 17.4. The van der Waals surface area contributed by atoms with E-state index in [-0.39, 0.29) is 5.82 Å². The number of aromatic amines is 1. The zero-order valence-electron chi connectivity index (χ0n) is 16.6. The quantitative estimate of drug-likeness (QED) is 0.506. The number of anilines is 1. The van der Waals surface area contributed by atoms with Crippen LogP contribution >= 0.6 is 11.5 Å². The molecule has 0 bridgehead atoms. The largest absolute Gasteiger partial charge is 0.361 e. The lowest BCUT2D eigenvalue weighted by molar-refractivity contribution is 0.255. The molecule has 1 aliphatic rings. The van der Waals surface area contributed by atoms with Gasteiger partial charge in [-0.3, -0.25) is 4.90 Å². The summed E-state index contributed by atoms with van der Waals surface area (Å²) in [6.45, 7) is 7.37. The molecule has 1 aliphatic heterocycles. The average Bonchev–Trinajstić information content (AvgIpc) is 3.32. The van der Waals surface area contributed by atoms with Crippen LogP contribution in [0.1, 0.15) is 17.5 Å². The molecule has 2 aromatic heterocycles. The molecular weight excluding hydrogens is 383 g/mol. The van der Waals surface area contributed by atoms with Gasteiger partial charge < -0.3 is 9.88 Å². The Labute approximate surface area is 174 Å². The van der Waals surface area contributed by atoms with Gasteiger partial charge in [-0.05, 0) is 79.3 Å². The Balaban J connectivity index is 1.16. The standard InChI is InChI=1S/C23H25FN4S/c1-16-4-6-19-22(13-16)29-26-23(19)28-11-9-27(10-12-28)8-2-3-17-15-25-21-7-5-18(24)14-20(17)21/h4-7,13-15,25H,2-3,8-12H2,1H3. The van der Waals surface area contributed by atoms with Crippen LogP contribution in [0.25, 0.3) is 21.0 Å². The maximum Gasteiger partial charge on any atom is 0.150 e. The molecule has 4 nitrogen and oxygen atoms in total. The zero-order chi connectivity index (χ0) is 19.8. The normalized spacial score (nSPS) is 15.6. The molecule has 1 saturated heterocycles. The molecule has 0 saturated carbocycles. The van der Waals surface area contributed by atoms with Crippen molar-refractivity contribution in [2.45, 2.75) is 19.8 Å². The summed E-state index contributed by atoms with van der Waals surface area (Å²) in [6.07, 6.45) is 4.08. The minimum Gasteiger partial charge on any atom is -0.361 e. The molecule has 1 N–H and O–H groups in total. The fourth-order valence-corrected chi connectivity index (χ4v) is 5.19. The van der Waals surface area contributed by atoms with Gasteiger partial charge in [-0.25, -0.2) is 4.39 Å². The first kappa shape index (κ1) is 18.6. The number of hydrogen-bond donors (Lipinski definition) is 1. The third-order valence-corrected chi connectivity index (χ3v) is 6.73. The van der Waals surface area contributed by atoms with Gasteiger partial charge in [-0.1, -0.05) is 6.07 Å². The summed E-state index contributed by atoms with van der Waals surface area (Å²) >= 11 is 1.60. The fraction of sp³-hybridized carbons (Fsp3) is 0.348. The van der Waals surface area contributed by atoms with Crippen molar-refractivity contribution >= 4 is 38.3 Å². The summed E-state index contributed by atoms with van der Waals surface area (Å²) < 4.78 is 19.6. The topological polar surface area (TPSA) is 35.2 Å². The van der Waals surface area contributed by atoms with Crippen LogP contribution in [0.5, 0.6) is 0 Å². The molecule has 4 aromatic rings. The van der Waals surface area contributed by atoms with Gasteiger partial charge in [0.25, 0.3) is 0 Å². The van der Waals surface area contributed by atoms with Crippen molar-refractivity contribution in [2.24, 2.45) is 0 Å². The Morgan fingerprint density at radius 3 is 2.79 bits per heavy atom. The van der Waals surface area contributed by atoms with E-state index in [0.29, 0.717) is 0 Å². The molecule has 0 aliphatic carbocycles. The molecule has 29 heavy (non-hydrogen) atoms. The van der Waals surface area contributed by atoms with Crippen LogP contribution in [-0.2, 0) is 6.42 Å². The number of benzene rings is 2. The second-order valence-corrected chi connectivity index (χ2v) is 8.75. The van der Waals surface area contributed by atoms with Crippen molar-refractivity contribution in [1.29, 1.82) is 0 Å². The lowest BCUT2D eigenvalue weighted by atomic mass is 10.1. The van der Waals surface area contributed by atoms with Crippen molar-refractivity contribution in [3.05, 3.63) is 59.5 Å². The molecule has 5 rings (SSSR count). The van der Waals surface area contributed by atoms with E-state index >= 15 is 0 Å². The molecular formula is C23H25FN4S. The highest BCUT2D eigenvalue weighted by Crippen LogP contribution is 2.31. The molecule has 3 heterocycles. The van der Waals surface area contributed by atoms with Crippen LogP contribution in [0.3, 0.4) is 0 Å². The van der Waals surface area contributed by atoms with Gasteiger partial charge in [0, 0.05) is 48.7 Å². The number of hydrogen-bond acceptors (Lipinski definition) is 4. The molecule has 0 spiro atoms. The minimum atomic E-state index is -0.167. The number of halogens is 1. The fourth-order valence-electron chi connectivity index (χ4n) is 4.29. The van der Waals surface area contributed by atoms with Crippen LogP contribution in [0.4, 0.5) is 10.2 Å². The number of piperazine rings is 1. The van der Waals surface area contributed by atoms with Gasteiger partial charge in [0.05, 0.1) is 4.70 Å². The summed E-state index contributed by atoms with van der Waals surface area (Å²) in [7, 11) is 0. The molecule has 6 heteroatoms. The van der Waals surface area contributed by atoms with Gasteiger partial charge in [-0.2, -0.15) is 4.37 Å². The number of aromatic nitrogens is 2. The first-order valence-electron chi connectivity index (χ1n) is 10.3. The molecule has 1 fully saturated rings. The smallest absolute Gasteiger partial charge is 0.150 e. The Hall–Kier alpha value is -2.44. The molecule has 150 valence electrons. The van der Waals surface area contributed by atoms with Gasteiger partial charge >= 0.3 is 0 Å². The Bertz CT molecular complexity index is 1140. The number of nitrogens with one attached hydrogen (secondary N) is 1. The van der Waals surface area contributed by atoms with Crippen LogP contribution < -0.4 is 4.90 Å². The second-order valence-electron chi connectivity index (χ2n) is 7.94. The van der Waals surface area contributed by atoms with Crippen molar-refractivity contribution in [3.8, 4) is 0 Å². The lowest BCUT2D eigenvalue weighted by Crippen LogP contribution is -2.46. The predicted molar refractivity (Wildman–Crippen MR) is 120 cm³/mol. The third-order valence-electron chi connectivity index (χ3n) is 5.93. The molecule has 0 unspecified atom stereocenters. The maximum absolute atomic E-state index is 13.5. The van der Waals surface area contributed by atoms with Crippen molar-refractivity contribution in [1.82, 2.24) is 14.3 Å². The predicted octanol–water partition coefficient (Wildman–Crippen LogP) is 4.98. The van der Waals surface area contributed by atoms with Gasteiger partial charge in [0.2, 0.25) is 0 Å². The van der Waals surface area contributed by atoms with Gasteiger partial charge in [0.1, 0.15) is 11.6 Å². The lowest BCUT2D eigenvalue weighted by Gasteiger charge is -2.35. The number of nitrogens with zero attached hydrogens (tertiary/aromatic N) is 3. The Kier molecular flexibility index (Phi) is 4.97.